The van der Waals surface area contributed by atoms with Crippen molar-refractivity contribution in [1.29, 1.82) is 0 Å². The van der Waals surface area contributed by atoms with E-state index in [0.29, 0.717) is 4.68 Å². The van der Waals surface area contributed by atoms with E-state index in [4.69, 9.17) is 11.6 Å². The summed E-state index contributed by atoms with van der Waals surface area (Å²) < 4.78 is 134. The number of alkyl halides is 5. The minimum atomic E-state index is -10.1. The van der Waals surface area contributed by atoms with Crippen molar-refractivity contribution in [3.63, 3.8) is 0 Å². The van der Waals surface area contributed by atoms with Crippen molar-refractivity contribution in [3.8, 4) is 5.69 Å². The molecule has 5 nitrogen and oxygen atoms in total. The van der Waals surface area contributed by atoms with Crippen LogP contribution in [0.1, 0.15) is 30.4 Å². The molecule has 0 aliphatic carbocycles. The predicted octanol–water partition coefficient (Wildman–Crippen LogP) is 7.69. The minimum Gasteiger partial charge on any atom is -0.372 e. The zero-order valence-electron chi connectivity index (χ0n) is 16.3. The highest BCUT2D eigenvalue weighted by Crippen LogP contribution is 3.02. The zero-order chi connectivity index (χ0) is 25.2. The number of nitrogens with one attached hydrogen (secondary N) is 1. The van der Waals surface area contributed by atoms with Crippen molar-refractivity contribution in [2.24, 2.45) is 0 Å². The lowest BCUT2D eigenvalue weighted by Gasteiger charge is -2.41. The van der Waals surface area contributed by atoms with Gasteiger partial charge >= 0.3 is 16.4 Å². The van der Waals surface area contributed by atoms with Gasteiger partial charge < -0.3 is 5.32 Å². The molecular formula is C16H12ClF10N5S. The number of fused-ring (bicyclic) bond motifs is 1. The normalized spacial score (nSPS) is 15.1. The first kappa shape index (κ1) is 25.1. The molecule has 0 amide bonds. The SMILES string of the molecule is CCc1cc(S(F)(F)(F)(F)F)cc(Cl)c1-n1nc2nc(C(F)F)nc(C(F)(F)F)c2c1NC. The molecule has 3 aromatic rings. The van der Waals surface area contributed by atoms with Crippen LogP contribution in [0.25, 0.3) is 16.7 Å². The third-order valence-corrected chi connectivity index (χ3v) is 5.82. The minimum absolute atomic E-state index is 0.0790. The van der Waals surface area contributed by atoms with Gasteiger partial charge in [0.25, 0.3) is 6.43 Å². The van der Waals surface area contributed by atoms with Crippen LogP contribution in [0, 0.1) is 0 Å². The van der Waals surface area contributed by atoms with E-state index < -0.39 is 72.4 Å². The highest BCUT2D eigenvalue weighted by atomic mass is 35.5. The summed E-state index contributed by atoms with van der Waals surface area (Å²) >= 11 is 5.86. The summed E-state index contributed by atoms with van der Waals surface area (Å²) in [7, 11) is -9.04. The van der Waals surface area contributed by atoms with Gasteiger partial charge in [-0.3, -0.25) is 0 Å². The summed E-state index contributed by atoms with van der Waals surface area (Å²) in [6.45, 7) is 1.28. The fourth-order valence-corrected chi connectivity index (χ4v) is 4.15. The van der Waals surface area contributed by atoms with Crippen LogP contribution in [-0.2, 0) is 12.6 Å². The summed E-state index contributed by atoms with van der Waals surface area (Å²) in [6.07, 6.45) is -9.06. The molecule has 33 heavy (non-hydrogen) atoms. The summed E-state index contributed by atoms with van der Waals surface area (Å²) in [5.74, 6) is -2.05. The number of hydrogen-bond acceptors (Lipinski definition) is 4. The van der Waals surface area contributed by atoms with E-state index in [-0.39, 0.29) is 18.6 Å². The van der Waals surface area contributed by atoms with Gasteiger partial charge in [-0.1, -0.05) is 38.0 Å². The van der Waals surface area contributed by atoms with E-state index in [2.05, 4.69) is 20.4 Å². The van der Waals surface area contributed by atoms with E-state index in [0.717, 1.165) is 7.05 Å². The van der Waals surface area contributed by atoms with Gasteiger partial charge in [0.1, 0.15) is 10.7 Å². The Hall–Kier alpha value is -2.49. The molecule has 0 radical (unpaired) electrons. The Balaban J connectivity index is 2.45. The molecule has 0 aliphatic rings. The maximum atomic E-state index is 13.6. The Labute approximate surface area is 183 Å². The number of nitrogens with zero attached hydrogens (tertiary/aromatic N) is 4. The molecule has 0 aliphatic heterocycles. The van der Waals surface area contributed by atoms with E-state index >= 15 is 0 Å². The number of anilines is 1. The van der Waals surface area contributed by atoms with Crippen LogP contribution in [0.15, 0.2) is 17.0 Å². The molecule has 1 aromatic carbocycles. The molecule has 17 heteroatoms. The highest BCUT2D eigenvalue weighted by Gasteiger charge is 2.65. The maximum Gasteiger partial charge on any atom is 0.434 e. The lowest BCUT2D eigenvalue weighted by molar-refractivity contribution is -0.140. The molecule has 0 spiro atoms. The third-order valence-electron chi connectivity index (χ3n) is 4.41. The smallest absolute Gasteiger partial charge is 0.372 e. The van der Waals surface area contributed by atoms with E-state index in [9.17, 15) is 41.4 Å². The number of rotatable bonds is 5. The molecule has 0 saturated heterocycles. The number of benzene rings is 1. The molecule has 184 valence electrons. The fourth-order valence-electron chi connectivity index (χ4n) is 3.06. The second-order valence-corrected chi connectivity index (χ2v) is 9.49. The third kappa shape index (κ3) is 4.62. The van der Waals surface area contributed by atoms with Gasteiger partial charge in [0.05, 0.1) is 16.1 Å². The monoisotopic (exact) mass is 531 g/mol. The first-order valence-corrected chi connectivity index (χ1v) is 11.0. The van der Waals surface area contributed by atoms with E-state index in [1.165, 1.54) is 6.92 Å². The average Bonchev–Trinajstić information content (AvgIpc) is 3.01. The van der Waals surface area contributed by atoms with Gasteiger partial charge in [0.2, 0.25) is 0 Å². The van der Waals surface area contributed by atoms with Crippen LogP contribution in [0.3, 0.4) is 0 Å². The first-order valence-electron chi connectivity index (χ1n) is 8.69. The molecule has 0 fully saturated rings. The average molecular weight is 532 g/mol. The second kappa shape index (κ2) is 7.01. The second-order valence-electron chi connectivity index (χ2n) is 6.67. The summed E-state index contributed by atoms with van der Waals surface area (Å²) in [4.78, 5) is 3.85. The predicted molar refractivity (Wildman–Crippen MR) is 102 cm³/mol. The Bertz CT molecular complexity index is 1250. The topological polar surface area (TPSA) is 55.6 Å². The summed E-state index contributed by atoms with van der Waals surface area (Å²) in [5, 5.41) is 4.23. The molecule has 2 aromatic heterocycles. The largest absolute Gasteiger partial charge is 0.434 e. The Morgan fingerprint density at radius 2 is 1.70 bits per heavy atom. The van der Waals surface area contributed by atoms with Crippen LogP contribution < -0.4 is 5.32 Å². The Kier molecular flexibility index (Phi) is 5.34. The molecular weight excluding hydrogens is 520 g/mol. The van der Waals surface area contributed by atoms with Crippen molar-refractivity contribution in [2.45, 2.75) is 30.8 Å². The number of aryl methyl sites for hydroxylation is 1. The molecule has 0 bridgehead atoms. The number of aromatic nitrogens is 4. The van der Waals surface area contributed by atoms with Gasteiger partial charge in [0.15, 0.2) is 17.2 Å². The van der Waals surface area contributed by atoms with Gasteiger partial charge in [-0.15, -0.1) is 5.10 Å². The van der Waals surface area contributed by atoms with E-state index in [1.54, 1.807) is 0 Å². The van der Waals surface area contributed by atoms with Crippen LogP contribution in [0.2, 0.25) is 5.02 Å². The van der Waals surface area contributed by atoms with Crippen LogP contribution in [-0.4, -0.2) is 26.8 Å². The summed E-state index contributed by atoms with van der Waals surface area (Å²) in [5.41, 5.74) is -3.58. The standard InChI is InChI=1S/C16H12ClF10N5S/c1-3-6-4-7(33(23,24,25,26)27)5-8(17)10(6)32-15(28-2)9-11(16(20,21)22)29-14(12(18)19)30-13(9)31-32/h4-5,12,28H,3H2,1-2H3. The lowest BCUT2D eigenvalue weighted by atomic mass is 10.1. The molecule has 1 N–H and O–H groups in total. The molecule has 0 saturated carbocycles. The van der Waals surface area contributed by atoms with Crippen molar-refractivity contribution in [3.05, 3.63) is 34.2 Å². The molecule has 0 unspecified atom stereocenters. The van der Waals surface area contributed by atoms with Crippen molar-refractivity contribution < 1.29 is 41.4 Å². The lowest BCUT2D eigenvalue weighted by Crippen LogP contribution is -2.13. The Morgan fingerprint density at radius 1 is 1.09 bits per heavy atom. The van der Waals surface area contributed by atoms with E-state index in [1.807, 2.05) is 0 Å². The van der Waals surface area contributed by atoms with Gasteiger partial charge in [-0.2, -0.15) is 13.2 Å². The Morgan fingerprint density at radius 3 is 2.15 bits per heavy atom. The number of hydrogen-bond donors (Lipinski definition) is 1. The molecule has 0 atom stereocenters. The molecule has 3 rings (SSSR count). The van der Waals surface area contributed by atoms with Crippen LogP contribution >= 0.6 is 21.8 Å². The first-order chi connectivity index (χ1) is 14.8. The van der Waals surface area contributed by atoms with Crippen molar-refractivity contribution >= 4 is 38.7 Å². The van der Waals surface area contributed by atoms with Crippen molar-refractivity contribution in [1.82, 2.24) is 19.7 Å². The fraction of sp³-hybridized carbons (Fsp3) is 0.312. The quantitative estimate of drug-likeness (QED) is 0.343. The van der Waals surface area contributed by atoms with Crippen LogP contribution in [0.4, 0.5) is 47.2 Å². The van der Waals surface area contributed by atoms with Gasteiger partial charge in [0, 0.05) is 7.05 Å². The van der Waals surface area contributed by atoms with Gasteiger partial charge in [-0.25, -0.2) is 23.4 Å². The van der Waals surface area contributed by atoms with Gasteiger partial charge in [-0.05, 0) is 24.1 Å². The summed E-state index contributed by atoms with van der Waals surface area (Å²) in [6, 6.07) is 0.0276. The highest BCUT2D eigenvalue weighted by molar-refractivity contribution is 8.45. The molecule has 2 heterocycles. The zero-order valence-corrected chi connectivity index (χ0v) is 17.9. The van der Waals surface area contributed by atoms with Crippen molar-refractivity contribution in [2.75, 3.05) is 12.4 Å². The number of halogens is 11. The maximum absolute atomic E-state index is 13.6. The van der Waals surface area contributed by atoms with Crippen LogP contribution in [0.5, 0.6) is 0 Å².